The van der Waals surface area contributed by atoms with Crippen LogP contribution in [-0.4, -0.2) is 16.3 Å². The summed E-state index contributed by atoms with van der Waals surface area (Å²) < 4.78 is 0. The van der Waals surface area contributed by atoms with Gasteiger partial charge in [-0.2, -0.15) is 0 Å². The SMILES string of the molecule is O=C(O)c1cc(SC2CCC2)ccc1Cl. The first-order valence-electron chi connectivity index (χ1n) is 4.86. The minimum atomic E-state index is -0.962. The highest BCUT2D eigenvalue weighted by molar-refractivity contribution is 8.00. The van der Waals surface area contributed by atoms with Gasteiger partial charge < -0.3 is 5.11 Å². The van der Waals surface area contributed by atoms with Crippen LogP contribution in [0.3, 0.4) is 0 Å². The summed E-state index contributed by atoms with van der Waals surface area (Å²) in [6.45, 7) is 0. The van der Waals surface area contributed by atoms with Gasteiger partial charge in [-0.15, -0.1) is 11.8 Å². The monoisotopic (exact) mass is 242 g/mol. The fourth-order valence-corrected chi connectivity index (χ4v) is 2.91. The number of thioether (sulfide) groups is 1. The Kier molecular flexibility index (Phi) is 3.22. The standard InChI is InChI=1S/C11H11ClO2S/c12-10-5-4-8(6-9(10)11(13)14)15-7-2-1-3-7/h4-7H,1-3H2,(H,13,14). The van der Waals surface area contributed by atoms with Gasteiger partial charge in [-0.1, -0.05) is 18.0 Å². The number of carboxylic acid groups (broad SMARTS) is 1. The first-order valence-corrected chi connectivity index (χ1v) is 6.12. The topological polar surface area (TPSA) is 37.3 Å². The lowest BCUT2D eigenvalue weighted by Crippen LogP contribution is -2.12. The van der Waals surface area contributed by atoms with Crippen molar-refractivity contribution in [3.63, 3.8) is 0 Å². The van der Waals surface area contributed by atoms with Crippen molar-refractivity contribution in [3.05, 3.63) is 28.8 Å². The Morgan fingerprint density at radius 1 is 1.47 bits per heavy atom. The molecule has 0 radical (unpaired) electrons. The summed E-state index contributed by atoms with van der Waals surface area (Å²) >= 11 is 7.53. The van der Waals surface area contributed by atoms with Gasteiger partial charge in [0.1, 0.15) is 0 Å². The van der Waals surface area contributed by atoms with Crippen LogP contribution < -0.4 is 0 Å². The highest BCUT2D eigenvalue weighted by Gasteiger charge is 2.19. The molecule has 1 aliphatic carbocycles. The maximum atomic E-state index is 10.8. The quantitative estimate of drug-likeness (QED) is 0.879. The Morgan fingerprint density at radius 3 is 2.73 bits per heavy atom. The van der Waals surface area contributed by atoms with Gasteiger partial charge in [0.05, 0.1) is 10.6 Å². The summed E-state index contributed by atoms with van der Waals surface area (Å²) in [4.78, 5) is 11.9. The molecular formula is C11H11ClO2S. The highest BCUT2D eigenvalue weighted by Crippen LogP contribution is 2.37. The molecule has 2 rings (SSSR count). The third-order valence-corrected chi connectivity index (χ3v) is 4.18. The van der Waals surface area contributed by atoms with E-state index in [1.807, 2.05) is 6.07 Å². The summed E-state index contributed by atoms with van der Waals surface area (Å²) in [5.74, 6) is -0.962. The molecule has 2 nitrogen and oxygen atoms in total. The molecule has 0 bridgehead atoms. The van der Waals surface area contributed by atoms with Gasteiger partial charge in [0.15, 0.2) is 0 Å². The summed E-state index contributed by atoms with van der Waals surface area (Å²) in [6, 6.07) is 5.21. The molecule has 1 saturated carbocycles. The first-order chi connectivity index (χ1) is 7.16. The first kappa shape index (κ1) is 10.8. The van der Waals surface area contributed by atoms with Crippen molar-refractivity contribution in [1.82, 2.24) is 0 Å². The molecule has 0 saturated heterocycles. The van der Waals surface area contributed by atoms with E-state index in [1.54, 1.807) is 23.9 Å². The van der Waals surface area contributed by atoms with Gasteiger partial charge in [0.2, 0.25) is 0 Å². The van der Waals surface area contributed by atoms with Crippen molar-refractivity contribution in [3.8, 4) is 0 Å². The fraction of sp³-hybridized carbons (Fsp3) is 0.364. The van der Waals surface area contributed by atoms with E-state index in [0.29, 0.717) is 10.3 Å². The molecule has 0 aromatic heterocycles. The summed E-state index contributed by atoms with van der Waals surface area (Å²) in [7, 11) is 0. The van der Waals surface area contributed by atoms with E-state index in [2.05, 4.69) is 0 Å². The molecule has 0 heterocycles. The number of hydrogen-bond acceptors (Lipinski definition) is 2. The lowest BCUT2D eigenvalue weighted by molar-refractivity contribution is 0.0697. The normalized spacial score (nSPS) is 16.1. The molecule has 80 valence electrons. The van der Waals surface area contributed by atoms with Crippen molar-refractivity contribution < 1.29 is 9.90 Å². The minimum Gasteiger partial charge on any atom is -0.478 e. The Hall–Kier alpha value is -0.670. The van der Waals surface area contributed by atoms with Gasteiger partial charge in [-0.25, -0.2) is 4.79 Å². The molecule has 0 atom stereocenters. The van der Waals surface area contributed by atoms with Gasteiger partial charge >= 0.3 is 5.97 Å². The average molecular weight is 243 g/mol. The Bertz CT molecular complexity index is 388. The number of hydrogen-bond donors (Lipinski definition) is 1. The molecule has 0 amide bonds. The molecule has 15 heavy (non-hydrogen) atoms. The lowest BCUT2D eigenvalue weighted by Gasteiger charge is -2.24. The van der Waals surface area contributed by atoms with E-state index >= 15 is 0 Å². The summed E-state index contributed by atoms with van der Waals surface area (Å²) in [6.07, 6.45) is 3.75. The molecule has 0 aliphatic heterocycles. The van der Waals surface area contributed by atoms with Crippen LogP contribution in [0.5, 0.6) is 0 Å². The van der Waals surface area contributed by atoms with Crippen LogP contribution in [-0.2, 0) is 0 Å². The highest BCUT2D eigenvalue weighted by atomic mass is 35.5. The molecule has 1 aromatic rings. The number of carboxylic acids is 1. The molecule has 4 heteroatoms. The molecule has 1 aliphatic rings. The zero-order valence-electron chi connectivity index (χ0n) is 8.07. The zero-order valence-corrected chi connectivity index (χ0v) is 9.64. The van der Waals surface area contributed by atoms with Crippen LogP contribution in [0.2, 0.25) is 5.02 Å². The van der Waals surface area contributed by atoms with E-state index in [-0.39, 0.29) is 5.56 Å². The van der Waals surface area contributed by atoms with Gasteiger partial charge in [0.25, 0.3) is 0 Å². The molecule has 1 aromatic carbocycles. The number of carbonyl (C=O) groups is 1. The number of rotatable bonds is 3. The fourth-order valence-electron chi connectivity index (χ4n) is 1.42. The van der Waals surface area contributed by atoms with Crippen LogP contribution in [0.25, 0.3) is 0 Å². The number of aromatic carboxylic acids is 1. The summed E-state index contributed by atoms with van der Waals surface area (Å²) in [5, 5.41) is 9.87. The van der Waals surface area contributed by atoms with Crippen LogP contribution in [0.1, 0.15) is 29.6 Å². The maximum Gasteiger partial charge on any atom is 0.337 e. The molecule has 0 unspecified atom stereocenters. The Labute approximate surface area is 97.6 Å². The smallest absolute Gasteiger partial charge is 0.337 e. The van der Waals surface area contributed by atoms with Crippen molar-refractivity contribution in [2.24, 2.45) is 0 Å². The minimum absolute atomic E-state index is 0.195. The summed E-state index contributed by atoms with van der Waals surface area (Å²) in [5.41, 5.74) is 0.195. The zero-order chi connectivity index (χ0) is 10.8. The molecule has 1 N–H and O–H groups in total. The van der Waals surface area contributed by atoms with E-state index in [0.717, 1.165) is 4.90 Å². The van der Waals surface area contributed by atoms with Crippen molar-refractivity contribution in [2.75, 3.05) is 0 Å². The van der Waals surface area contributed by atoms with E-state index in [1.165, 1.54) is 19.3 Å². The second-order valence-corrected chi connectivity index (χ2v) is 5.40. The van der Waals surface area contributed by atoms with E-state index in [9.17, 15) is 4.79 Å². The van der Waals surface area contributed by atoms with E-state index < -0.39 is 5.97 Å². The van der Waals surface area contributed by atoms with Gasteiger partial charge in [0, 0.05) is 10.1 Å². The average Bonchev–Trinajstić information content (AvgIpc) is 2.13. The van der Waals surface area contributed by atoms with Crippen LogP contribution >= 0.6 is 23.4 Å². The Morgan fingerprint density at radius 2 is 2.20 bits per heavy atom. The van der Waals surface area contributed by atoms with Gasteiger partial charge in [-0.3, -0.25) is 0 Å². The second-order valence-electron chi connectivity index (χ2n) is 3.62. The lowest BCUT2D eigenvalue weighted by atomic mass is 10.00. The molecule has 0 spiro atoms. The molecular weight excluding hydrogens is 232 g/mol. The van der Waals surface area contributed by atoms with E-state index in [4.69, 9.17) is 16.7 Å². The van der Waals surface area contributed by atoms with Crippen molar-refractivity contribution in [1.29, 1.82) is 0 Å². The van der Waals surface area contributed by atoms with Crippen molar-refractivity contribution in [2.45, 2.75) is 29.4 Å². The Balaban J connectivity index is 2.17. The molecule has 1 fully saturated rings. The van der Waals surface area contributed by atoms with Crippen molar-refractivity contribution >= 4 is 29.3 Å². The van der Waals surface area contributed by atoms with Crippen LogP contribution in [0.4, 0.5) is 0 Å². The predicted octanol–water partition coefficient (Wildman–Crippen LogP) is 3.68. The third-order valence-electron chi connectivity index (χ3n) is 2.52. The van der Waals surface area contributed by atoms with Crippen LogP contribution in [0, 0.1) is 0 Å². The van der Waals surface area contributed by atoms with Gasteiger partial charge in [-0.05, 0) is 31.0 Å². The predicted molar refractivity (Wildman–Crippen MR) is 61.9 cm³/mol. The number of halogens is 1. The largest absolute Gasteiger partial charge is 0.478 e. The second kappa shape index (κ2) is 4.45. The number of benzene rings is 1. The third kappa shape index (κ3) is 2.47. The maximum absolute atomic E-state index is 10.8. The van der Waals surface area contributed by atoms with Crippen LogP contribution in [0.15, 0.2) is 23.1 Å².